The van der Waals surface area contributed by atoms with Gasteiger partial charge in [0.25, 0.3) is 0 Å². The maximum atomic E-state index is 6.20. The molecule has 2 heterocycles. The Kier molecular flexibility index (Phi) is 6.84. The normalized spacial score (nSPS) is 16.3. The van der Waals surface area contributed by atoms with Crippen molar-refractivity contribution in [2.75, 3.05) is 20.3 Å². The summed E-state index contributed by atoms with van der Waals surface area (Å²) in [6, 6.07) is 16.4. The first-order chi connectivity index (χ1) is 15.2. The van der Waals surface area contributed by atoms with Crippen molar-refractivity contribution in [1.29, 1.82) is 0 Å². The van der Waals surface area contributed by atoms with Gasteiger partial charge in [-0.2, -0.15) is 5.10 Å². The third-order valence-electron chi connectivity index (χ3n) is 5.26. The van der Waals surface area contributed by atoms with Crippen molar-refractivity contribution < 1.29 is 9.47 Å². The van der Waals surface area contributed by atoms with Crippen molar-refractivity contribution in [3.63, 3.8) is 0 Å². The van der Waals surface area contributed by atoms with E-state index in [1.165, 1.54) is 5.56 Å². The van der Waals surface area contributed by atoms with Gasteiger partial charge in [-0.3, -0.25) is 4.99 Å². The number of aryl methyl sites for hydroxylation is 1. The fraction of sp³-hybridized carbons (Fsp3) is 0.333. The van der Waals surface area contributed by atoms with Gasteiger partial charge < -0.3 is 20.1 Å². The molecule has 1 unspecified atom stereocenters. The van der Waals surface area contributed by atoms with Crippen LogP contribution in [-0.2, 0) is 17.8 Å². The summed E-state index contributed by atoms with van der Waals surface area (Å²) in [5.74, 6) is 1.63. The highest BCUT2D eigenvalue weighted by molar-refractivity contribution is 5.79. The van der Waals surface area contributed by atoms with Gasteiger partial charge in [-0.05, 0) is 36.2 Å². The number of benzene rings is 2. The molecule has 7 nitrogen and oxygen atoms in total. The Bertz CT molecular complexity index is 1010. The third kappa shape index (κ3) is 5.44. The Labute approximate surface area is 183 Å². The highest BCUT2D eigenvalue weighted by Gasteiger charge is 2.19. The van der Waals surface area contributed by atoms with Gasteiger partial charge in [0.1, 0.15) is 11.9 Å². The average molecular weight is 420 g/mol. The van der Waals surface area contributed by atoms with E-state index in [-0.39, 0.29) is 6.10 Å². The number of aliphatic imine (C=N–C) groups is 1. The molecule has 4 rings (SSSR count). The zero-order valence-electron chi connectivity index (χ0n) is 18.0. The van der Waals surface area contributed by atoms with Crippen LogP contribution in [0.3, 0.4) is 0 Å². The highest BCUT2D eigenvalue weighted by atomic mass is 16.5. The van der Waals surface area contributed by atoms with Crippen LogP contribution in [0.5, 0.6) is 5.75 Å². The Morgan fingerprint density at radius 2 is 2.00 bits per heavy atom. The lowest BCUT2D eigenvalue weighted by Gasteiger charge is -2.18. The zero-order chi connectivity index (χ0) is 21.5. The van der Waals surface area contributed by atoms with Crippen LogP contribution < -0.4 is 15.4 Å². The lowest BCUT2D eigenvalue weighted by molar-refractivity contribution is 0.140. The predicted molar refractivity (Wildman–Crippen MR) is 122 cm³/mol. The Morgan fingerprint density at radius 3 is 2.74 bits per heavy atom. The lowest BCUT2D eigenvalue weighted by Crippen LogP contribution is -2.36. The number of aromatic nitrogens is 2. The van der Waals surface area contributed by atoms with Gasteiger partial charge in [-0.1, -0.05) is 30.3 Å². The van der Waals surface area contributed by atoms with Crippen molar-refractivity contribution in [2.24, 2.45) is 4.99 Å². The van der Waals surface area contributed by atoms with E-state index in [4.69, 9.17) is 9.47 Å². The van der Waals surface area contributed by atoms with Crippen molar-refractivity contribution in [3.8, 4) is 11.4 Å². The second-order valence-electron chi connectivity index (χ2n) is 7.57. The van der Waals surface area contributed by atoms with E-state index in [0.717, 1.165) is 41.6 Å². The van der Waals surface area contributed by atoms with E-state index in [0.29, 0.717) is 19.7 Å². The molecule has 1 saturated heterocycles. The quantitative estimate of drug-likeness (QED) is 0.455. The van der Waals surface area contributed by atoms with Crippen molar-refractivity contribution in [1.82, 2.24) is 20.4 Å². The average Bonchev–Trinajstić information content (AvgIpc) is 3.50. The first-order valence-corrected chi connectivity index (χ1v) is 10.6. The standard InChI is InChI=1S/C24H29N5O2/c1-18-8-9-20(23(14-18)31-21-10-13-30-17-21)16-27-24(25-2)26-15-19-6-3-4-7-22(19)29-12-5-11-28-29/h3-9,11-12,14,21H,10,13,15-17H2,1-2H3,(H2,25,26,27). The number of hydrogen-bond acceptors (Lipinski definition) is 4. The van der Waals surface area contributed by atoms with Gasteiger partial charge in [-0.15, -0.1) is 0 Å². The fourth-order valence-corrected chi connectivity index (χ4v) is 3.58. The monoisotopic (exact) mass is 419 g/mol. The summed E-state index contributed by atoms with van der Waals surface area (Å²) in [4.78, 5) is 4.37. The maximum absolute atomic E-state index is 6.20. The molecule has 0 amide bonds. The van der Waals surface area contributed by atoms with Crippen molar-refractivity contribution in [3.05, 3.63) is 77.6 Å². The number of nitrogens with one attached hydrogen (secondary N) is 2. The second-order valence-corrected chi connectivity index (χ2v) is 7.57. The van der Waals surface area contributed by atoms with Crippen LogP contribution in [0.15, 0.2) is 65.9 Å². The Hall–Kier alpha value is -3.32. The largest absolute Gasteiger partial charge is 0.488 e. The SMILES string of the molecule is CN=C(NCc1ccc(C)cc1OC1CCOC1)NCc1ccccc1-n1cccn1. The molecule has 1 aliphatic rings. The summed E-state index contributed by atoms with van der Waals surface area (Å²) in [7, 11) is 1.77. The van der Waals surface area contributed by atoms with Gasteiger partial charge in [0, 0.05) is 44.5 Å². The zero-order valence-corrected chi connectivity index (χ0v) is 18.0. The van der Waals surface area contributed by atoms with Crippen LogP contribution in [0.1, 0.15) is 23.1 Å². The molecule has 0 spiro atoms. The van der Waals surface area contributed by atoms with Crippen molar-refractivity contribution >= 4 is 5.96 Å². The number of para-hydroxylation sites is 1. The lowest BCUT2D eigenvalue weighted by atomic mass is 10.1. The molecule has 1 aromatic heterocycles. The van der Waals surface area contributed by atoms with Crippen LogP contribution in [0.25, 0.3) is 5.69 Å². The summed E-state index contributed by atoms with van der Waals surface area (Å²) in [6.45, 7) is 4.74. The smallest absolute Gasteiger partial charge is 0.191 e. The van der Waals surface area contributed by atoms with E-state index in [1.807, 2.05) is 29.1 Å². The van der Waals surface area contributed by atoms with E-state index in [1.54, 1.807) is 13.2 Å². The van der Waals surface area contributed by atoms with Crippen LogP contribution in [0.2, 0.25) is 0 Å². The Morgan fingerprint density at radius 1 is 1.16 bits per heavy atom. The molecule has 1 fully saturated rings. The molecule has 162 valence electrons. The molecule has 7 heteroatoms. The van der Waals surface area contributed by atoms with Crippen LogP contribution in [0, 0.1) is 6.92 Å². The topological polar surface area (TPSA) is 72.7 Å². The van der Waals surface area contributed by atoms with E-state index >= 15 is 0 Å². The summed E-state index contributed by atoms with van der Waals surface area (Å²) in [6.07, 6.45) is 4.78. The van der Waals surface area contributed by atoms with Crippen LogP contribution in [0.4, 0.5) is 0 Å². The minimum atomic E-state index is 0.122. The van der Waals surface area contributed by atoms with Gasteiger partial charge in [0.15, 0.2) is 5.96 Å². The number of hydrogen-bond donors (Lipinski definition) is 2. The molecular weight excluding hydrogens is 390 g/mol. The van der Waals surface area contributed by atoms with Gasteiger partial charge in [0.05, 0.1) is 18.9 Å². The van der Waals surface area contributed by atoms with Gasteiger partial charge in [-0.25, -0.2) is 4.68 Å². The Balaban J connectivity index is 1.39. The molecule has 1 aliphatic heterocycles. The summed E-state index contributed by atoms with van der Waals surface area (Å²) >= 11 is 0. The van der Waals surface area contributed by atoms with Gasteiger partial charge in [0.2, 0.25) is 0 Å². The van der Waals surface area contributed by atoms with Crippen LogP contribution >= 0.6 is 0 Å². The second kappa shape index (κ2) is 10.1. The minimum absolute atomic E-state index is 0.122. The molecule has 0 aliphatic carbocycles. The summed E-state index contributed by atoms with van der Waals surface area (Å²) in [5, 5.41) is 11.1. The molecule has 2 aromatic carbocycles. The first kappa shape index (κ1) is 20.9. The molecule has 3 aromatic rings. The molecular formula is C24H29N5O2. The molecule has 2 N–H and O–H groups in total. The molecule has 0 bridgehead atoms. The number of rotatable bonds is 7. The van der Waals surface area contributed by atoms with E-state index < -0.39 is 0 Å². The van der Waals surface area contributed by atoms with Crippen LogP contribution in [-0.4, -0.2) is 42.1 Å². The third-order valence-corrected chi connectivity index (χ3v) is 5.26. The number of guanidine groups is 1. The van der Waals surface area contributed by atoms with E-state index in [2.05, 4.69) is 58.0 Å². The minimum Gasteiger partial charge on any atom is -0.488 e. The maximum Gasteiger partial charge on any atom is 0.191 e. The fourth-order valence-electron chi connectivity index (χ4n) is 3.58. The number of ether oxygens (including phenoxy) is 2. The predicted octanol–water partition coefficient (Wildman–Crippen LogP) is 3.21. The molecule has 31 heavy (non-hydrogen) atoms. The van der Waals surface area contributed by atoms with Gasteiger partial charge >= 0.3 is 0 Å². The first-order valence-electron chi connectivity index (χ1n) is 10.6. The summed E-state index contributed by atoms with van der Waals surface area (Å²) in [5.41, 5.74) is 4.45. The van der Waals surface area contributed by atoms with E-state index in [9.17, 15) is 0 Å². The van der Waals surface area contributed by atoms with Crippen molar-refractivity contribution in [2.45, 2.75) is 32.5 Å². The number of nitrogens with zero attached hydrogens (tertiary/aromatic N) is 3. The summed E-state index contributed by atoms with van der Waals surface area (Å²) < 4.78 is 13.5. The highest BCUT2D eigenvalue weighted by Crippen LogP contribution is 2.23. The molecule has 1 atom stereocenters. The molecule has 0 radical (unpaired) electrons. The molecule has 0 saturated carbocycles.